The minimum Gasteiger partial charge on any atom is -0.456 e. The molecule has 100 valence electrons. The molecule has 1 fully saturated rings. The molecule has 2 heterocycles. The molecule has 1 N–H and O–H groups in total. The fraction of sp³-hybridized carbons (Fsp3) is 0.615. The largest absolute Gasteiger partial charge is 0.456 e. The number of amides is 1. The Labute approximate surface area is 107 Å². The first-order valence-electron chi connectivity index (χ1n) is 6.45. The van der Waals surface area contributed by atoms with E-state index in [2.05, 4.69) is 4.90 Å². The van der Waals surface area contributed by atoms with Crippen molar-refractivity contribution < 1.29 is 14.3 Å². The zero-order valence-corrected chi connectivity index (χ0v) is 10.8. The van der Waals surface area contributed by atoms with E-state index in [0.717, 1.165) is 25.3 Å². The Hall–Kier alpha value is -1.33. The van der Waals surface area contributed by atoms with Crippen molar-refractivity contribution in [3.05, 3.63) is 23.7 Å². The summed E-state index contributed by atoms with van der Waals surface area (Å²) in [5.74, 6) is 1.25. The van der Waals surface area contributed by atoms with Crippen LogP contribution in [-0.4, -0.2) is 60.1 Å². The quantitative estimate of drug-likeness (QED) is 0.852. The van der Waals surface area contributed by atoms with E-state index in [9.17, 15) is 4.79 Å². The number of carbonyl (C=O) groups is 1. The summed E-state index contributed by atoms with van der Waals surface area (Å²) in [5, 5.41) is 8.86. The average Bonchev–Trinajstić information content (AvgIpc) is 2.88. The van der Waals surface area contributed by atoms with Crippen LogP contribution in [0, 0.1) is 0 Å². The molecule has 1 aromatic heterocycles. The predicted octanol–water partition coefficient (Wildman–Crippen LogP) is 0.592. The SMILES string of the molecule is CCc1ccc(C(=O)N2CCN(CCO)CC2)o1. The molecule has 5 nitrogen and oxygen atoms in total. The van der Waals surface area contributed by atoms with Gasteiger partial charge in [0.25, 0.3) is 5.91 Å². The molecule has 0 unspecified atom stereocenters. The van der Waals surface area contributed by atoms with Gasteiger partial charge in [-0.2, -0.15) is 0 Å². The second-order valence-corrected chi connectivity index (χ2v) is 4.48. The number of aryl methyl sites for hydroxylation is 1. The zero-order valence-electron chi connectivity index (χ0n) is 10.8. The number of hydrogen-bond acceptors (Lipinski definition) is 4. The number of hydrogen-bond donors (Lipinski definition) is 1. The predicted molar refractivity (Wildman–Crippen MR) is 67.5 cm³/mol. The van der Waals surface area contributed by atoms with E-state index in [1.165, 1.54) is 0 Å². The molecule has 0 spiro atoms. The van der Waals surface area contributed by atoms with Crippen molar-refractivity contribution in [1.29, 1.82) is 0 Å². The number of rotatable bonds is 4. The Balaban J connectivity index is 1.91. The first kappa shape index (κ1) is 13.1. The lowest BCUT2D eigenvalue weighted by atomic mass is 10.3. The fourth-order valence-corrected chi connectivity index (χ4v) is 2.15. The maximum absolute atomic E-state index is 12.2. The van der Waals surface area contributed by atoms with Crippen LogP contribution in [0.2, 0.25) is 0 Å². The number of nitrogens with zero attached hydrogens (tertiary/aromatic N) is 2. The van der Waals surface area contributed by atoms with Crippen LogP contribution in [0.5, 0.6) is 0 Å². The van der Waals surface area contributed by atoms with Gasteiger partial charge in [-0.1, -0.05) is 6.92 Å². The van der Waals surface area contributed by atoms with E-state index in [4.69, 9.17) is 9.52 Å². The maximum Gasteiger partial charge on any atom is 0.289 e. The molecule has 0 radical (unpaired) electrons. The molecule has 0 saturated carbocycles. The van der Waals surface area contributed by atoms with Crippen molar-refractivity contribution >= 4 is 5.91 Å². The average molecular weight is 252 g/mol. The summed E-state index contributed by atoms with van der Waals surface area (Å²) in [6.45, 7) is 5.87. The molecule has 18 heavy (non-hydrogen) atoms. The number of aliphatic hydroxyl groups is 1. The van der Waals surface area contributed by atoms with Crippen LogP contribution >= 0.6 is 0 Å². The van der Waals surface area contributed by atoms with E-state index in [1.807, 2.05) is 17.9 Å². The Bertz CT molecular complexity index is 395. The summed E-state index contributed by atoms with van der Waals surface area (Å²) in [5.41, 5.74) is 0. The minimum atomic E-state index is -0.0293. The number of β-amino-alcohol motifs (C(OH)–C–C–N with tert-alkyl or cyclic N) is 1. The van der Waals surface area contributed by atoms with Crippen LogP contribution in [0.25, 0.3) is 0 Å². The highest BCUT2D eigenvalue weighted by molar-refractivity contribution is 5.91. The second-order valence-electron chi connectivity index (χ2n) is 4.48. The Morgan fingerprint density at radius 2 is 2.06 bits per heavy atom. The Kier molecular flexibility index (Phi) is 4.38. The fourth-order valence-electron chi connectivity index (χ4n) is 2.15. The lowest BCUT2D eigenvalue weighted by Crippen LogP contribution is -2.49. The van der Waals surface area contributed by atoms with Crippen molar-refractivity contribution in [2.45, 2.75) is 13.3 Å². The van der Waals surface area contributed by atoms with Crippen LogP contribution in [0.1, 0.15) is 23.2 Å². The highest BCUT2D eigenvalue weighted by Crippen LogP contribution is 2.13. The number of carbonyl (C=O) groups excluding carboxylic acids is 1. The van der Waals surface area contributed by atoms with Gasteiger partial charge in [0, 0.05) is 39.1 Å². The van der Waals surface area contributed by atoms with Gasteiger partial charge in [0.1, 0.15) is 5.76 Å². The number of aliphatic hydroxyl groups excluding tert-OH is 1. The summed E-state index contributed by atoms with van der Waals surface area (Å²) in [6.07, 6.45) is 0.803. The van der Waals surface area contributed by atoms with E-state index in [0.29, 0.717) is 25.4 Å². The minimum absolute atomic E-state index is 0.0293. The van der Waals surface area contributed by atoms with Crippen molar-refractivity contribution in [3.63, 3.8) is 0 Å². The molecule has 5 heteroatoms. The zero-order chi connectivity index (χ0) is 13.0. The highest BCUT2D eigenvalue weighted by atomic mass is 16.4. The number of piperazine rings is 1. The topological polar surface area (TPSA) is 56.9 Å². The highest BCUT2D eigenvalue weighted by Gasteiger charge is 2.23. The van der Waals surface area contributed by atoms with Crippen LogP contribution in [0.4, 0.5) is 0 Å². The molecule has 0 atom stereocenters. The second kappa shape index (κ2) is 6.02. The molecule has 0 aliphatic carbocycles. The van der Waals surface area contributed by atoms with Crippen LogP contribution < -0.4 is 0 Å². The van der Waals surface area contributed by atoms with E-state index < -0.39 is 0 Å². The first-order valence-corrected chi connectivity index (χ1v) is 6.45. The molecule has 1 aromatic rings. The molecular weight excluding hydrogens is 232 g/mol. The Morgan fingerprint density at radius 3 is 2.61 bits per heavy atom. The first-order chi connectivity index (χ1) is 8.74. The van der Waals surface area contributed by atoms with Crippen molar-refractivity contribution in [2.24, 2.45) is 0 Å². The Morgan fingerprint density at radius 1 is 1.33 bits per heavy atom. The van der Waals surface area contributed by atoms with E-state index in [-0.39, 0.29) is 12.5 Å². The smallest absolute Gasteiger partial charge is 0.289 e. The van der Waals surface area contributed by atoms with Gasteiger partial charge in [-0.05, 0) is 12.1 Å². The van der Waals surface area contributed by atoms with Gasteiger partial charge in [0.2, 0.25) is 0 Å². The van der Waals surface area contributed by atoms with Gasteiger partial charge >= 0.3 is 0 Å². The van der Waals surface area contributed by atoms with Crippen molar-refractivity contribution in [2.75, 3.05) is 39.3 Å². The van der Waals surface area contributed by atoms with Gasteiger partial charge in [-0.15, -0.1) is 0 Å². The molecule has 0 bridgehead atoms. The van der Waals surface area contributed by atoms with Crippen LogP contribution in [0.15, 0.2) is 16.5 Å². The summed E-state index contributed by atoms with van der Waals surface area (Å²) in [6, 6.07) is 3.61. The third kappa shape index (κ3) is 2.91. The summed E-state index contributed by atoms with van der Waals surface area (Å²) in [4.78, 5) is 16.1. The molecule has 0 aromatic carbocycles. The van der Waals surface area contributed by atoms with Crippen LogP contribution in [-0.2, 0) is 6.42 Å². The molecule has 1 saturated heterocycles. The summed E-state index contributed by atoms with van der Waals surface area (Å²) < 4.78 is 5.48. The van der Waals surface area contributed by atoms with E-state index in [1.54, 1.807) is 6.07 Å². The summed E-state index contributed by atoms with van der Waals surface area (Å²) in [7, 11) is 0. The molecule has 1 aliphatic rings. The van der Waals surface area contributed by atoms with Crippen molar-refractivity contribution in [1.82, 2.24) is 9.80 Å². The van der Waals surface area contributed by atoms with E-state index >= 15 is 0 Å². The number of furan rings is 1. The van der Waals surface area contributed by atoms with Gasteiger partial charge < -0.3 is 14.4 Å². The lowest BCUT2D eigenvalue weighted by molar-refractivity contribution is 0.0583. The van der Waals surface area contributed by atoms with Gasteiger partial charge in [-0.3, -0.25) is 9.69 Å². The third-order valence-corrected chi connectivity index (χ3v) is 3.30. The van der Waals surface area contributed by atoms with Crippen LogP contribution in [0.3, 0.4) is 0 Å². The normalized spacial score (nSPS) is 17.1. The molecule has 1 amide bonds. The molecular formula is C13H20N2O3. The maximum atomic E-state index is 12.2. The van der Waals surface area contributed by atoms with Crippen molar-refractivity contribution in [3.8, 4) is 0 Å². The monoisotopic (exact) mass is 252 g/mol. The van der Waals surface area contributed by atoms with Gasteiger partial charge in [0.15, 0.2) is 5.76 Å². The molecule has 2 rings (SSSR count). The molecule has 1 aliphatic heterocycles. The van der Waals surface area contributed by atoms with Gasteiger partial charge in [0.05, 0.1) is 6.61 Å². The lowest BCUT2D eigenvalue weighted by Gasteiger charge is -2.33. The standard InChI is InChI=1S/C13H20N2O3/c1-2-11-3-4-12(18-11)13(17)15-7-5-14(6-8-15)9-10-16/h3-4,16H,2,5-10H2,1H3. The van der Waals surface area contributed by atoms with Gasteiger partial charge in [-0.25, -0.2) is 0 Å². The third-order valence-electron chi connectivity index (χ3n) is 3.30. The summed E-state index contributed by atoms with van der Waals surface area (Å²) >= 11 is 0.